The Morgan fingerprint density at radius 2 is 2.26 bits per heavy atom. The summed E-state index contributed by atoms with van der Waals surface area (Å²) in [6.45, 7) is 3.73. The number of rotatable bonds is 4. The molecule has 0 aromatic heterocycles. The molecule has 4 heteroatoms. The second-order valence-corrected chi connectivity index (χ2v) is 5.78. The van der Waals surface area contributed by atoms with E-state index in [2.05, 4.69) is 11.9 Å². The van der Waals surface area contributed by atoms with Crippen LogP contribution in [0.5, 0.6) is 0 Å². The summed E-state index contributed by atoms with van der Waals surface area (Å²) in [4.78, 5) is 2.17. The number of halogens is 1. The predicted octanol–water partition coefficient (Wildman–Crippen LogP) is 3.37. The molecule has 3 nitrogen and oxygen atoms in total. The summed E-state index contributed by atoms with van der Waals surface area (Å²) in [5, 5.41) is 0.758. The van der Waals surface area contributed by atoms with Crippen molar-refractivity contribution >= 4 is 17.3 Å². The van der Waals surface area contributed by atoms with Gasteiger partial charge in [0.1, 0.15) is 0 Å². The van der Waals surface area contributed by atoms with Crippen molar-refractivity contribution in [3.63, 3.8) is 0 Å². The number of nitrogens with two attached hydrogens (primary N) is 1. The molecule has 1 heterocycles. The Balaban J connectivity index is 2.03. The van der Waals surface area contributed by atoms with Crippen LogP contribution in [0.2, 0.25) is 5.02 Å². The first kappa shape index (κ1) is 14.6. The van der Waals surface area contributed by atoms with Crippen molar-refractivity contribution in [1.82, 2.24) is 0 Å². The summed E-state index contributed by atoms with van der Waals surface area (Å²) in [6.07, 6.45) is 3.91. The lowest BCUT2D eigenvalue weighted by Crippen LogP contribution is -2.33. The molecule has 0 spiro atoms. The number of hydrogen-bond acceptors (Lipinski definition) is 3. The van der Waals surface area contributed by atoms with Crippen molar-refractivity contribution in [3.8, 4) is 0 Å². The topological polar surface area (TPSA) is 38.5 Å². The second kappa shape index (κ2) is 6.60. The highest BCUT2D eigenvalue weighted by Crippen LogP contribution is 2.28. The van der Waals surface area contributed by atoms with Crippen molar-refractivity contribution in [2.24, 2.45) is 5.73 Å². The molecule has 1 aromatic carbocycles. The maximum absolute atomic E-state index is 6.35. The summed E-state index contributed by atoms with van der Waals surface area (Å²) in [6, 6.07) is 6.06. The lowest BCUT2D eigenvalue weighted by atomic mass is 10.1. The van der Waals surface area contributed by atoms with E-state index in [1.165, 1.54) is 12.8 Å². The van der Waals surface area contributed by atoms with Gasteiger partial charge in [-0.05, 0) is 43.9 Å². The lowest BCUT2D eigenvalue weighted by molar-refractivity contribution is 0.0216. The summed E-state index contributed by atoms with van der Waals surface area (Å²) in [7, 11) is 2.06. The average Bonchev–Trinajstić information content (AvgIpc) is 2.39. The fourth-order valence-electron chi connectivity index (χ4n) is 2.47. The van der Waals surface area contributed by atoms with Gasteiger partial charge in [0.2, 0.25) is 0 Å². The molecule has 0 radical (unpaired) electrons. The van der Waals surface area contributed by atoms with Crippen molar-refractivity contribution in [1.29, 1.82) is 0 Å². The lowest BCUT2D eigenvalue weighted by Gasteiger charge is -2.29. The maximum Gasteiger partial charge on any atom is 0.0749 e. The van der Waals surface area contributed by atoms with Gasteiger partial charge in [0, 0.05) is 26.2 Å². The molecular weight excluding hydrogens is 260 g/mol. The molecule has 2 rings (SSSR count). The van der Waals surface area contributed by atoms with Gasteiger partial charge in [-0.15, -0.1) is 0 Å². The Kier molecular flexibility index (Phi) is 5.08. The van der Waals surface area contributed by atoms with Crippen LogP contribution in [0.3, 0.4) is 0 Å². The molecule has 1 aliphatic heterocycles. The van der Waals surface area contributed by atoms with Gasteiger partial charge in [0.15, 0.2) is 0 Å². The molecule has 19 heavy (non-hydrogen) atoms. The summed E-state index contributed by atoms with van der Waals surface area (Å²) >= 11 is 6.35. The predicted molar refractivity (Wildman–Crippen MR) is 80.9 cm³/mol. The van der Waals surface area contributed by atoms with Crippen LogP contribution in [-0.4, -0.2) is 26.3 Å². The van der Waals surface area contributed by atoms with Gasteiger partial charge in [0.05, 0.1) is 16.8 Å². The fourth-order valence-corrected chi connectivity index (χ4v) is 2.80. The normalized spacial score (nSPS) is 21.2. The Hall–Kier alpha value is -0.770. The molecule has 0 saturated carbocycles. The Bertz CT molecular complexity index is 417. The molecule has 1 saturated heterocycles. The van der Waals surface area contributed by atoms with Crippen LogP contribution in [-0.2, 0) is 4.74 Å². The number of likely N-dealkylation sites (N-methyl/N-ethyl adjacent to an activating group) is 1. The second-order valence-electron chi connectivity index (χ2n) is 5.37. The average molecular weight is 283 g/mol. The molecule has 2 unspecified atom stereocenters. The molecule has 1 fully saturated rings. The van der Waals surface area contributed by atoms with E-state index in [1.54, 1.807) is 0 Å². The van der Waals surface area contributed by atoms with Crippen LogP contribution < -0.4 is 10.6 Å². The van der Waals surface area contributed by atoms with Crippen LogP contribution in [0.4, 0.5) is 5.69 Å². The van der Waals surface area contributed by atoms with Crippen LogP contribution in [0.25, 0.3) is 0 Å². The van der Waals surface area contributed by atoms with E-state index in [-0.39, 0.29) is 6.04 Å². The first-order valence-electron chi connectivity index (χ1n) is 6.95. The highest BCUT2D eigenvalue weighted by atomic mass is 35.5. The molecule has 2 atom stereocenters. The zero-order chi connectivity index (χ0) is 13.8. The number of nitrogens with zero attached hydrogens (tertiary/aromatic N) is 1. The van der Waals surface area contributed by atoms with Crippen LogP contribution in [0.1, 0.15) is 37.8 Å². The Morgan fingerprint density at radius 3 is 2.84 bits per heavy atom. The van der Waals surface area contributed by atoms with Crippen molar-refractivity contribution in [3.05, 3.63) is 28.8 Å². The van der Waals surface area contributed by atoms with Gasteiger partial charge < -0.3 is 15.4 Å². The standard InChI is InChI=1S/C15H23ClN2O/c1-11(17)12-6-7-15(14(16)9-12)18(2)10-13-5-3-4-8-19-13/h6-7,9,11,13H,3-5,8,10,17H2,1-2H3. The Morgan fingerprint density at radius 1 is 1.47 bits per heavy atom. The minimum Gasteiger partial charge on any atom is -0.376 e. The Labute approximate surface area is 120 Å². The van der Waals surface area contributed by atoms with E-state index in [0.717, 1.165) is 35.8 Å². The molecule has 106 valence electrons. The van der Waals surface area contributed by atoms with Crippen molar-refractivity contribution in [2.75, 3.05) is 25.1 Å². The van der Waals surface area contributed by atoms with E-state index in [1.807, 2.05) is 25.1 Å². The summed E-state index contributed by atoms with van der Waals surface area (Å²) < 4.78 is 5.77. The van der Waals surface area contributed by atoms with Gasteiger partial charge in [-0.3, -0.25) is 0 Å². The number of benzene rings is 1. The highest BCUT2D eigenvalue weighted by Gasteiger charge is 2.17. The molecular formula is C15H23ClN2O. The van der Waals surface area contributed by atoms with Gasteiger partial charge >= 0.3 is 0 Å². The smallest absolute Gasteiger partial charge is 0.0749 e. The number of hydrogen-bond donors (Lipinski definition) is 1. The molecule has 0 bridgehead atoms. The zero-order valence-electron chi connectivity index (χ0n) is 11.7. The van der Waals surface area contributed by atoms with Crippen LogP contribution >= 0.6 is 11.6 Å². The van der Waals surface area contributed by atoms with E-state index < -0.39 is 0 Å². The van der Waals surface area contributed by atoms with E-state index in [9.17, 15) is 0 Å². The van der Waals surface area contributed by atoms with Crippen molar-refractivity contribution < 1.29 is 4.74 Å². The van der Waals surface area contributed by atoms with Gasteiger partial charge in [-0.2, -0.15) is 0 Å². The first-order chi connectivity index (χ1) is 9.08. The van der Waals surface area contributed by atoms with Crippen molar-refractivity contribution in [2.45, 2.75) is 38.3 Å². The molecule has 0 amide bonds. The van der Waals surface area contributed by atoms with E-state index in [0.29, 0.717) is 6.10 Å². The van der Waals surface area contributed by atoms with Gasteiger partial charge in [-0.1, -0.05) is 17.7 Å². The molecule has 0 aliphatic carbocycles. The molecule has 2 N–H and O–H groups in total. The number of anilines is 1. The van der Waals surface area contributed by atoms with Gasteiger partial charge in [0.25, 0.3) is 0 Å². The third-order valence-electron chi connectivity index (χ3n) is 3.66. The highest BCUT2D eigenvalue weighted by molar-refractivity contribution is 6.33. The van der Waals surface area contributed by atoms with Crippen LogP contribution in [0, 0.1) is 0 Å². The van der Waals surface area contributed by atoms with Crippen LogP contribution in [0.15, 0.2) is 18.2 Å². The molecule has 1 aromatic rings. The summed E-state index contributed by atoms with van der Waals surface area (Å²) in [5.41, 5.74) is 7.97. The summed E-state index contributed by atoms with van der Waals surface area (Å²) in [5.74, 6) is 0. The minimum atomic E-state index is 0.0125. The number of ether oxygens (including phenoxy) is 1. The quantitative estimate of drug-likeness (QED) is 0.920. The minimum absolute atomic E-state index is 0.0125. The maximum atomic E-state index is 6.35. The third-order valence-corrected chi connectivity index (χ3v) is 3.96. The van der Waals surface area contributed by atoms with E-state index in [4.69, 9.17) is 22.1 Å². The van der Waals surface area contributed by atoms with E-state index >= 15 is 0 Å². The largest absolute Gasteiger partial charge is 0.376 e. The molecule has 1 aliphatic rings. The monoisotopic (exact) mass is 282 g/mol. The SMILES string of the molecule is CC(N)c1ccc(N(C)CC2CCCCO2)c(Cl)c1. The fraction of sp³-hybridized carbons (Fsp3) is 0.600. The first-order valence-corrected chi connectivity index (χ1v) is 7.33. The third kappa shape index (κ3) is 3.85. The van der Waals surface area contributed by atoms with Gasteiger partial charge in [-0.25, -0.2) is 0 Å². The zero-order valence-corrected chi connectivity index (χ0v) is 12.5.